The molecule has 278 valence electrons. The monoisotopic (exact) mass is 707 g/mol. The smallest absolute Gasteiger partial charge is 0.317 e. The standard InChI is InChI=1S/C32H49N7O11/c33-25(14-22-4-2-1-3-5-22)32(50)36-35-26(40)15-23-6-8-24(9-7-23)16-34-27(41)17-37(10-12-38(18-28(42)43)19-29(44)45)11-13-39(20-30(46)47)21-31(48)49/h6-9,22,25H,1-5,10-21,33H2,(H,34,41)(H,35,40)(H,36,50)(H,42,43)(H,44,45)(H,46,47)(H,48,49). The van der Waals surface area contributed by atoms with Crippen LogP contribution in [0.3, 0.4) is 0 Å². The third kappa shape index (κ3) is 18.2. The maximum Gasteiger partial charge on any atom is 0.317 e. The fraction of sp³-hybridized carbons (Fsp3) is 0.594. The first-order valence-electron chi connectivity index (χ1n) is 16.4. The molecule has 0 heterocycles. The van der Waals surface area contributed by atoms with Crippen LogP contribution in [-0.4, -0.2) is 142 Å². The maximum atomic E-state index is 12.9. The zero-order valence-corrected chi connectivity index (χ0v) is 28.1. The van der Waals surface area contributed by atoms with Gasteiger partial charge in [0.2, 0.25) is 11.8 Å². The molecule has 1 aromatic carbocycles. The lowest BCUT2D eigenvalue weighted by Crippen LogP contribution is -2.50. The zero-order chi connectivity index (χ0) is 37.1. The summed E-state index contributed by atoms with van der Waals surface area (Å²) < 4.78 is 0. The van der Waals surface area contributed by atoms with Gasteiger partial charge in [0.05, 0.1) is 45.2 Å². The van der Waals surface area contributed by atoms with Crippen LogP contribution in [0.5, 0.6) is 0 Å². The lowest BCUT2D eigenvalue weighted by Gasteiger charge is -2.28. The second kappa shape index (κ2) is 22.1. The second-order valence-electron chi connectivity index (χ2n) is 12.4. The van der Waals surface area contributed by atoms with Gasteiger partial charge in [0.15, 0.2) is 0 Å². The van der Waals surface area contributed by atoms with E-state index in [2.05, 4.69) is 16.2 Å². The van der Waals surface area contributed by atoms with Crippen LogP contribution >= 0.6 is 0 Å². The number of rotatable bonds is 23. The number of nitrogens with one attached hydrogen (secondary N) is 3. The van der Waals surface area contributed by atoms with Gasteiger partial charge >= 0.3 is 23.9 Å². The van der Waals surface area contributed by atoms with Gasteiger partial charge in [0, 0.05) is 32.7 Å². The van der Waals surface area contributed by atoms with Crippen molar-refractivity contribution in [2.75, 3.05) is 58.9 Å². The topological polar surface area (TPSA) is 272 Å². The van der Waals surface area contributed by atoms with Crippen LogP contribution in [0.15, 0.2) is 24.3 Å². The average molecular weight is 708 g/mol. The average Bonchev–Trinajstić information content (AvgIpc) is 3.03. The van der Waals surface area contributed by atoms with Crippen LogP contribution in [-0.2, 0) is 46.5 Å². The Balaban J connectivity index is 1.89. The van der Waals surface area contributed by atoms with E-state index in [1.165, 1.54) is 6.42 Å². The molecule has 2 rings (SSSR count). The quantitative estimate of drug-likeness (QED) is 0.0604. The Hall–Kier alpha value is -4.65. The van der Waals surface area contributed by atoms with Crippen molar-refractivity contribution >= 4 is 41.6 Å². The molecule has 1 aliphatic rings. The van der Waals surface area contributed by atoms with Gasteiger partial charge in [-0.05, 0) is 23.5 Å². The number of hydrogen-bond acceptors (Lipinski definition) is 11. The highest BCUT2D eigenvalue weighted by Gasteiger charge is 2.22. The van der Waals surface area contributed by atoms with E-state index < -0.39 is 73.8 Å². The van der Waals surface area contributed by atoms with Gasteiger partial charge < -0.3 is 31.5 Å². The lowest BCUT2D eigenvalue weighted by atomic mass is 9.85. The molecule has 0 aromatic heterocycles. The number of carbonyl (C=O) groups is 7. The summed E-state index contributed by atoms with van der Waals surface area (Å²) in [5.41, 5.74) is 12.2. The van der Waals surface area contributed by atoms with E-state index >= 15 is 0 Å². The van der Waals surface area contributed by atoms with Crippen LogP contribution in [0.1, 0.15) is 49.7 Å². The summed E-state index contributed by atoms with van der Waals surface area (Å²) in [5, 5.41) is 39.3. The summed E-state index contributed by atoms with van der Waals surface area (Å²) in [6.45, 7) is -2.37. The van der Waals surface area contributed by atoms with Crippen LogP contribution < -0.4 is 21.9 Å². The van der Waals surface area contributed by atoms with Crippen LogP contribution in [0.2, 0.25) is 0 Å². The molecular formula is C32H49N7O11. The maximum absolute atomic E-state index is 12.9. The number of hydrazine groups is 1. The van der Waals surface area contributed by atoms with E-state index in [-0.39, 0.29) is 45.7 Å². The van der Waals surface area contributed by atoms with Gasteiger partial charge in [-0.15, -0.1) is 0 Å². The second-order valence-corrected chi connectivity index (χ2v) is 12.4. The van der Waals surface area contributed by atoms with Crippen molar-refractivity contribution in [3.8, 4) is 0 Å². The third-order valence-electron chi connectivity index (χ3n) is 8.12. The van der Waals surface area contributed by atoms with E-state index in [4.69, 9.17) is 26.2 Å². The van der Waals surface area contributed by atoms with Gasteiger partial charge in [-0.2, -0.15) is 0 Å². The van der Waals surface area contributed by atoms with Crippen molar-refractivity contribution < 1.29 is 54.0 Å². The minimum atomic E-state index is -1.24. The first-order valence-corrected chi connectivity index (χ1v) is 16.4. The number of nitrogens with zero attached hydrogens (tertiary/aromatic N) is 3. The summed E-state index contributed by atoms with van der Waals surface area (Å²) >= 11 is 0. The van der Waals surface area contributed by atoms with E-state index in [1.54, 1.807) is 29.2 Å². The summed E-state index contributed by atoms with van der Waals surface area (Å²) in [5.74, 6) is -5.87. The molecule has 0 spiro atoms. The van der Waals surface area contributed by atoms with E-state index in [0.717, 1.165) is 35.5 Å². The highest BCUT2D eigenvalue weighted by Crippen LogP contribution is 2.26. The minimum absolute atomic E-state index is 0.0126. The Kier molecular flexibility index (Phi) is 18.4. The predicted molar refractivity (Wildman–Crippen MR) is 177 cm³/mol. The molecule has 0 bridgehead atoms. The summed E-state index contributed by atoms with van der Waals surface area (Å²) in [6, 6.07) is 6.12. The third-order valence-corrected chi connectivity index (χ3v) is 8.12. The van der Waals surface area contributed by atoms with Gasteiger partial charge in [-0.3, -0.25) is 59.1 Å². The van der Waals surface area contributed by atoms with Crippen molar-refractivity contribution in [3.63, 3.8) is 0 Å². The highest BCUT2D eigenvalue weighted by atomic mass is 16.4. The molecule has 9 N–H and O–H groups in total. The van der Waals surface area contributed by atoms with Crippen molar-refractivity contribution in [3.05, 3.63) is 35.4 Å². The largest absolute Gasteiger partial charge is 0.480 e. The molecule has 50 heavy (non-hydrogen) atoms. The van der Waals surface area contributed by atoms with Gasteiger partial charge in [-0.1, -0.05) is 56.4 Å². The highest BCUT2D eigenvalue weighted by molar-refractivity contribution is 5.86. The molecule has 0 aliphatic heterocycles. The summed E-state index contributed by atoms with van der Waals surface area (Å²) in [4.78, 5) is 86.2. The molecule has 1 atom stereocenters. The first-order chi connectivity index (χ1) is 23.7. The Morgan fingerprint density at radius 2 is 1.10 bits per heavy atom. The number of amides is 3. The van der Waals surface area contributed by atoms with Crippen LogP contribution in [0, 0.1) is 5.92 Å². The normalized spacial score (nSPS) is 13.9. The lowest BCUT2D eigenvalue weighted by molar-refractivity contribution is -0.143. The molecule has 1 saturated carbocycles. The van der Waals surface area contributed by atoms with Crippen molar-refractivity contribution in [2.24, 2.45) is 11.7 Å². The molecule has 0 radical (unpaired) electrons. The number of carbonyl (C=O) groups excluding carboxylic acids is 3. The molecule has 18 nitrogen and oxygen atoms in total. The molecule has 0 saturated heterocycles. The molecule has 1 aliphatic carbocycles. The van der Waals surface area contributed by atoms with E-state index in [0.29, 0.717) is 23.5 Å². The van der Waals surface area contributed by atoms with Crippen molar-refractivity contribution in [1.29, 1.82) is 0 Å². The first kappa shape index (κ1) is 41.5. The fourth-order valence-corrected chi connectivity index (χ4v) is 5.61. The number of nitrogens with two attached hydrogens (primary N) is 1. The Bertz CT molecular complexity index is 1230. The number of hydrogen-bond donors (Lipinski definition) is 8. The Morgan fingerprint density at radius 1 is 0.640 bits per heavy atom. The van der Waals surface area contributed by atoms with E-state index in [9.17, 15) is 33.6 Å². The SMILES string of the molecule is NC(CC1CCCCC1)C(=O)NNC(=O)Cc1ccc(CNC(=O)CN(CCN(CC(=O)O)CC(=O)O)CCN(CC(=O)O)CC(=O)O)cc1. The zero-order valence-electron chi connectivity index (χ0n) is 28.1. The molecule has 1 aromatic rings. The molecule has 3 amide bonds. The molecular weight excluding hydrogens is 658 g/mol. The molecule has 1 unspecified atom stereocenters. The number of benzene rings is 1. The summed E-state index contributed by atoms with van der Waals surface area (Å²) in [7, 11) is 0. The van der Waals surface area contributed by atoms with Crippen molar-refractivity contribution in [1.82, 2.24) is 30.9 Å². The van der Waals surface area contributed by atoms with Crippen molar-refractivity contribution in [2.45, 2.75) is 57.5 Å². The number of aliphatic carboxylic acids is 4. The van der Waals surface area contributed by atoms with E-state index in [1.807, 2.05) is 0 Å². The van der Waals surface area contributed by atoms with Crippen LogP contribution in [0.4, 0.5) is 0 Å². The number of carboxylic acids is 4. The van der Waals surface area contributed by atoms with Gasteiger partial charge in [0.1, 0.15) is 0 Å². The minimum Gasteiger partial charge on any atom is -0.480 e. The Labute approximate surface area is 289 Å². The fourth-order valence-electron chi connectivity index (χ4n) is 5.61. The summed E-state index contributed by atoms with van der Waals surface area (Å²) in [6.07, 6.45) is 6.17. The van der Waals surface area contributed by atoms with Gasteiger partial charge in [0.25, 0.3) is 5.91 Å². The molecule has 1 fully saturated rings. The Morgan fingerprint density at radius 3 is 1.58 bits per heavy atom. The van der Waals surface area contributed by atoms with Gasteiger partial charge in [-0.25, -0.2) is 0 Å². The number of carboxylic acid groups (broad SMARTS) is 4. The predicted octanol–water partition coefficient (Wildman–Crippen LogP) is -1.47. The van der Waals surface area contributed by atoms with Crippen LogP contribution in [0.25, 0.3) is 0 Å². The molecule has 18 heteroatoms.